The predicted molar refractivity (Wildman–Crippen MR) is 150 cm³/mol. The predicted octanol–water partition coefficient (Wildman–Crippen LogP) is 7.64. The molecule has 0 bridgehead atoms. The van der Waals surface area contributed by atoms with Gasteiger partial charge in [-0.05, 0) is 41.0 Å². The van der Waals surface area contributed by atoms with Crippen LogP contribution in [0.5, 0.6) is 23.0 Å². The Morgan fingerprint density at radius 2 is 0.872 bits per heavy atom. The first-order chi connectivity index (χ1) is 19.2. The van der Waals surface area contributed by atoms with Crippen molar-refractivity contribution in [2.45, 2.75) is 19.8 Å². The van der Waals surface area contributed by atoms with Crippen LogP contribution >= 0.6 is 0 Å². The number of benzene rings is 5. The van der Waals surface area contributed by atoms with Gasteiger partial charge in [-0.1, -0.05) is 109 Å². The molecule has 0 unspecified atom stereocenters. The lowest BCUT2D eigenvalue weighted by Crippen LogP contribution is -2.11. The quantitative estimate of drug-likeness (QED) is 0.133. The summed E-state index contributed by atoms with van der Waals surface area (Å²) in [6, 6.07) is 41.7. The minimum atomic E-state index is -0.523. The number of esters is 1. The minimum Gasteiger partial charge on any atom is -0.485 e. The highest BCUT2D eigenvalue weighted by molar-refractivity contribution is 5.92. The summed E-state index contributed by atoms with van der Waals surface area (Å²) in [5.74, 6) is 1.12. The molecule has 0 fully saturated rings. The van der Waals surface area contributed by atoms with E-state index in [1.165, 1.54) is 0 Å². The van der Waals surface area contributed by atoms with Crippen molar-refractivity contribution in [2.75, 3.05) is 0 Å². The topological polar surface area (TPSA) is 54.0 Å². The van der Waals surface area contributed by atoms with Crippen LogP contribution in [0.2, 0.25) is 0 Å². The van der Waals surface area contributed by atoms with E-state index < -0.39 is 5.97 Å². The number of para-hydroxylation sites is 1. The van der Waals surface area contributed by atoms with E-state index in [1.807, 2.05) is 109 Å². The van der Waals surface area contributed by atoms with E-state index in [9.17, 15) is 4.79 Å². The largest absolute Gasteiger partial charge is 0.485 e. The van der Waals surface area contributed by atoms with Crippen molar-refractivity contribution in [2.24, 2.45) is 0 Å². The molecule has 5 aromatic carbocycles. The summed E-state index contributed by atoms with van der Waals surface area (Å²) in [5, 5.41) is 0. The first-order valence-corrected chi connectivity index (χ1v) is 12.7. The molecule has 0 aliphatic heterocycles. The van der Waals surface area contributed by atoms with Crippen molar-refractivity contribution < 1.29 is 23.7 Å². The lowest BCUT2D eigenvalue weighted by Gasteiger charge is -2.19. The van der Waals surface area contributed by atoms with Crippen LogP contribution in [0.3, 0.4) is 0 Å². The molecule has 0 saturated heterocycles. The van der Waals surface area contributed by atoms with Gasteiger partial charge in [0.1, 0.15) is 25.6 Å². The third-order valence-corrected chi connectivity index (χ3v) is 5.91. The van der Waals surface area contributed by atoms with E-state index in [2.05, 4.69) is 0 Å². The molecule has 0 amide bonds. The highest BCUT2D eigenvalue weighted by Crippen LogP contribution is 2.40. The van der Waals surface area contributed by atoms with Gasteiger partial charge in [0.05, 0.1) is 5.56 Å². The summed E-state index contributed by atoms with van der Waals surface area (Å²) >= 11 is 0. The van der Waals surface area contributed by atoms with Gasteiger partial charge in [0, 0.05) is 0 Å². The van der Waals surface area contributed by atoms with E-state index in [0.29, 0.717) is 29.6 Å². The van der Waals surface area contributed by atoms with E-state index in [1.54, 1.807) is 24.3 Å². The highest BCUT2D eigenvalue weighted by atomic mass is 16.5. The second-order valence-electron chi connectivity index (χ2n) is 8.83. The number of hydrogen-bond acceptors (Lipinski definition) is 5. The SMILES string of the molecule is O=C(Oc1ccccc1)c1cc(OCc2ccccc2)c(OCc2ccccc2)c(OCc2ccccc2)c1. The van der Waals surface area contributed by atoms with Crippen molar-refractivity contribution in [3.05, 3.63) is 156 Å². The zero-order chi connectivity index (χ0) is 26.7. The molecule has 0 spiro atoms. The maximum atomic E-state index is 13.2. The standard InChI is InChI=1S/C34H28O5/c35-34(39-30-19-11-4-12-20-30)29-21-31(36-23-26-13-5-1-6-14-26)33(38-25-28-17-9-3-10-18-28)32(22-29)37-24-27-15-7-2-8-16-27/h1-22H,23-25H2. The molecule has 194 valence electrons. The molecular weight excluding hydrogens is 488 g/mol. The molecule has 0 N–H and O–H groups in total. The first-order valence-electron chi connectivity index (χ1n) is 12.7. The van der Waals surface area contributed by atoms with Crippen LogP contribution in [-0.4, -0.2) is 5.97 Å². The van der Waals surface area contributed by atoms with Crippen molar-refractivity contribution in [3.8, 4) is 23.0 Å². The Labute approximate surface area is 228 Å². The molecule has 5 heteroatoms. The maximum Gasteiger partial charge on any atom is 0.343 e. The van der Waals surface area contributed by atoms with Gasteiger partial charge in [-0.3, -0.25) is 0 Å². The lowest BCUT2D eigenvalue weighted by molar-refractivity contribution is 0.0733. The molecule has 0 aliphatic carbocycles. The molecule has 0 saturated carbocycles. The molecule has 5 nitrogen and oxygen atoms in total. The maximum absolute atomic E-state index is 13.2. The molecule has 0 heterocycles. The van der Waals surface area contributed by atoms with Crippen LogP contribution in [0.1, 0.15) is 27.0 Å². The number of hydrogen-bond donors (Lipinski definition) is 0. The van der Waals surface area contributed by atoms with Gasteiger partial charge >= 0.3 is 5.97 Å². The zero-order valence-corrected chi connectivity index (χ0v) is 21.4. The van der Waals surface area contributed by atoms with Crippen molar-refractivity contribution in [1.29, 1.82) is 0 Å². The highest BCUT2D eigenvalue weighted by Gasteiger charge is 2.21. The third-order valence-electron chi connectivity index (χ3n) is 5.91. The van der Waals surface area contributed by atoms with E-state index >= 15 is 0 Å². The first kappa shape index (κ1) is 25.6. The number of rotatable bonds is 11. The fraction of sp³-hybridized carbons (Fsp3) is 0.0882. The Morgan fingerprint density at radius 3 is 1.31 bits per heavy atom. The smallest absolute Gasteiger partial charge is 0.343 e. The Morgan fingerprint density at radius 1 is 0.487 bits per heavy atom. The summed E-state index contributed by atoms with van der Waals surface area (Å²) in [6.07, 6.45) is 0. The summed E-state index contributed by atoms with van der Waals surface area (Å²) in [4.78, 5) is 13.2. The summed E-state index contributed by atoms with van der Waals surface area (Å²) < 4.78 is 24.4. The number of carbonyl (C=O) groups is 1. The summed E-state index contributed by atoms with van der Waals surface area (Å²) in [5.41, 5.74) is 3.25. The van der Waals surface area contributed by atoms with Gasteiger partial charge in [-0.2, -0.15) is 0 Å². The van der Waals surface area contributed by atoms with Crippen LogP contribution in [0.4, 0.5) is 0 Å². The fourth-order valence-electron chi connectivity index (χ4n) is 3.91. The molecule has 0 aliphatic rings. The lowest BCUT2D eigenvalue weighted by atomic mass is 10.1. The average molecular weight is 517 g/mol. The normalized spacial score (nSPS) is 10.5. The minimum absolute atomic E-state index is 0.289. The van der Waals surface area contributed by atoms with Crippen molar-refractivity contribution >= 4 is 5.97 Å². The van der Waals surface area contributed by atoms with Crippen LogP contribution in [0, 0.1) is 0 Å². The van der Waals surface area contributed by atoms with Crippen LogP contribution in [0.15, 0.2) is 133 Å². The second kappa shape index (κ2) is 13.0. The Kier molecular flexibility index (Phi) is 8.52. The van der Waals surface area contributed by atoms with Crippen LogP contribution in [0.25, 0.3) is 0 Å². The van der Waals surface area contributed by atoms with E-state index in [4.69, 9.17) is 18.9 Å². The fourth-order valence-corrected chi connectivity index (χ4v) is 3.91. The summed E-state index contributed by atoms with van der Waals surface area (Å²) in [6.45, 7) is 0.883. The van der Waals surface area contributed by atoms with Crippen LogP contribution in [-0.2, 0) is 19.8 Å². The zero-order valence-electron chi connectivity index (χ0n) is 21.4. The van der Waals surface area contributed by atoms with Gasteiger partial charge in [0.25, 0.3) is 0 Å². The van der Waals surface area contributed by atoms with Crippen molar-refractivity contribution in [3.63, 3.8) is 0 Å². The Balaban J connectivity index is 1.49. The van der Waals surface area contributed by atoms with Crippen LogP contribution < -0.4 is 18.9 Å². The van der Waals surface area contributed by atoms with Gasteiger partial charge in [0.15, 0.2) is 11.5 Å². The number of carbonyl (C=O) groups excluding carboxylic acids is 1. The third kappa shape index (κ3) is 7.27. The molecule has 5 aromatic rings. The van der Waals surface area contributed by atoms with Crippen molar-refractivity contribution in [1.82, 2.24) is 0 Å². The van der Waals surface area contributed by atoms with Gasteiger partial charge in [0.2, 0.25) is 5.75 Å². The van der Waals surface area contributed by atoms with Gasteiger partial charge in [-0.15, -0.1) is 0 Å². The van der Waals surface area contributed by atoms with E-state index in [-0.39, 0.29) is 18.8 Å². The summed E-state index contributed by atoms with van der Waals surface area (Å²) in [7, 11) is 0. The Hall–Kier alpha value is -5.03. The number of ether oxygens (including phenoxy) is 4. The molecule has 0 radical (unpaired) electrons. The molecule has 0 aromatic heterocycles. The molecule has 5 rings (SSSR count). The molecular formula is C34H28O5. The van der Waals surface area contributed by atoms with Gasteiger partial charge in [-0.25, -0.2) is 4.79 Å². The van der Waals surface area contributed by atoms with Gasteiger partial charge < -0.3 is 18.9 Å². The molecule has 39 heavy (non-hydrogen) atoms. The Bertz CT molecular complexity index is 1410. The molecule has 0 atom stereocenters. The second-order valence-corrected chi connectivity index (χ2v) is 8.83. The average Bonchev–Trinajstić information content (AvgIpc) is 3.00. The van der Waals surface area contributed by atoms with E-state index in [0.717, 1.165) is 16.7 Å². The monoisotopic (exact) mass is 516 g/mol.